The number of ether oxygens (including phenoxy) is 1. The van der Waals surface area contributed by atoms with Crippen molar-refractivity contribution in [2.45, 2.75) is 168 Å². The Morgan fingerprint density at radius 3 is 1.23 bits per heavy atom. The molecule has 2 heteroatoms. The summed E-state index contributed by atoms with van der Waals surface area (Å²) in [6, 6.07) is 0. The molecule has 0 aromatic heterocycles. The summed E-state index contributed by atoms with van der Waals surface area (Å²) in [6.07, 6.45) is 29.8. The largest absolute Gasteiger partial charge is 0.465 e. The molecule has 1 unspecified atom stereocenters. The van der Waals surface area contributed by atoms with Gasteiger partial charge in [0.15, 0.2) is 0 Å². The monoisotopic (exact) mass is 438 g/mol. The number of carbonyl (C=O) groups is 1. The summed E-state index contributed by atoms with van der Waals surface area (Å²) < 4.78 is 5.59. The number of hydrogen-bond acceptors (Lipinski definition) is 2. The lowest BCUT2D eigenvalue weighted by Gasteiger charge is -2.16. The first kappa shape index (κ1) is 30.5. The van der Waals surface area contributed by atoms with Gasteiger partial charge in [0, 0.05) is 0 Å². The second kappa shape index (κ2) is 25.7. The number of carbonyl (C=O) groups excluding carboxylic acids is 1. The van der Waals surface area contributed by atoms with Crippen LogP contribution in [0.2, 0.25) is 0 Å². The van der Waals surface area contributed by atoms with E-state index >= 15 is 0 Å². The molecule has 0 aromatic carbocycles. The van der Waals surface area contributed by atoms with Crippen LogP contribution in [0.3, 0.4) is 0 Å². The molecule has 0 saturated heterocycles. The molecule has 0 aliphatic carbocycles. The molecule has 0 N–H and O–H groups in total. The van der Waals surface area contributed by atoms with Crippen LogP contribution in [0.5, 0.6) is 0 Å². The molecule has 0 aliphatic rings. The highest BCUT2D eigenvalue weighted by atomic mass is 16.5. The Morgan fingerprint density at radius 2 is 0.806 bits per heavy atom. The zero-order valence-corrected chi connectivity index (χ0v) is 21.9. The summed E-state index contributed by atoms with van der Waals surface area (Å²) >= 11 is 0. The van der Waals surface area contributed by atoms with E-state index in [1.807, 2.05) is 0 Å². The summed E-state index contributed by atoms with van der Waals surface area (Å²) in [6.45, 7) is 7.34. The smallest absolute Gasteiger partial charge is 0.308 e. The summed E-state index contributed by atoms with van der Waals surface area (Å²) in [5.41, 5.74) is 0. The van der Waals surface area contributed by atoms with E-state index in [9.17, 15) is 4.79 Å². The third kappa shape index (κ3) is 22.5. The average molecular weight is 439 g/mol. The predicted octanol–water partition coefficient (Wildman–Crippen LogP) is 10.2. The molecule has 0 aliphatic heterocycles. The predicted molar refractivity (Wildman–Crippen MR) is 138 cm³/mol. The second-order valence-electron chi connectivity index (χ2n) is 9.81. The third-order valence-electron chi connectivity index (χ3n) is 6.64. The number of unbranched alkanes of at least 4 members (excludes halogenated alkanes) is 18. The molecule has 2 nitrogen and oxygen atoms in total. The van der Waals surface area contributed by atoms with Gasteiger partial charge in [0.25, 0.3) is 0 Å². The highest BCUT2D eigenvalue weighted by molar-refractivity contribution is 5.72. The van der Waals surface area contributed by atoms with E-state index < -0.39 is 0 Å². The molecular weight excluding hydrogens is 380 g/mol. The minimum absolute atomic E-state index is 0.0855. The van der Waals surface area contributed by atoms with Crippen LogP contribution in [0, 0.1) is 5.92 Å². The van der Waals surface area contributed by atoms with E-state index in [1.165, 1.54) is 122 Å². The van der Waals surface area contributed by atoms with Crippen molar-refractivity contribution < 1.29 is 9.53 Å². The van der Waals surface area contributed by atoms with Crippen LogP contribution in [-0.2, 0) is 9.53 Å². The Bertz CT molecular complexity index is 353. The Kier molecular flexibility index (Phi) is 25.3. The molecule has 0 bridgehead atoms. The van der Waals surface area contributed by atoms with Gasteiger partial charge in [-0.3, -0.25) is 4.79 Å². The van der Waals surface area contributed by atoms with Crippen LogP contribution in [0.25, 0.3) is 0 Å². The maximum absolute atomic E-state index is 12.5. The molecule has 0 radical (unpaired) electrons. The van der Waals surface area contributed by atoms with Crippen molar-refractivity contribution in [3.8, 4) is 0 Å². The van der Waals surface area contributed by atoms with Gasteiger partial charge in [-0.05, 0) is 19.3 Å². The fraction of sp³-hybridized carbons (Fsp3) is 0.966. The summed E-state index contributed by atoms with van der Waals surface area (Å²) in [4.78, 5) is 12.5. The Balaban J connectivity index is 3.72. The molecule has 1 atom stereocenters. The maximum Gasteiger partial charge on any atom is 0.308 e. The van der Waals surface area contributed by atoms with Gasteiger partial charge in [-0.25, -0.2) is 0 Å². The van der Waals surface area contributed by atoms with E-state index in [0.717, 1.165) is 25.7 Å². The second-order valence-corrected chi connectivity index (χ2v) is 9.81. The van der Waals surface area contributed by atoms with Gasteiger partial charge in [-0.1, -0.05) is 149 Å². The first-order valence-electron chi connectivity index (χ1n) is 14.4. The molecule has 0 saturated carbocycles. The first-order chi connectivity index (χ1) is 15.3. The Morgan fingerprint density at radius 1 is 0.484 bits per heavy atom. The van der Waals surface area contributed by atoms with Gasteiger partial charge >= 0.3 is 5.97 Å². The highest BCUT2D eigenvalue weighted by Crippen LogP contribution is 2.21. The summed E-state index contributed by atoms with van der Waals surface area (Å²) in [5.74, 6) is 0.234. The van der Waals surface area contributed by atoms with Gasteiger partial charge in [0.2, 0.25) is 0 Å². The molecule has 0 spiro atoms. The van der Waals surface area contributed by atoms with Crippen molar-refractivity contribution in [3.05, 3.63) is 0 Å². The summed E-state index contributed by atoms with van der Waals surface area (Å²) in [5, 5.41) is 0. The fourth-order valence-corrected chi connectivity index (χ4v) is 4.43. The third-order valence-corrected chi connectivity index (χ3v) is 6.64. The van der Waals surface area contributed by atoms with Crippen LogP contribution < -0.4 is 0 Å². The Hall–Kier alpha value is -0.530. The van der Waals surface area contributed by atoms with Crippen molar-refractivity contribution in [3.63, 3.8) is 0 Å². The van der Waals surface area contributed by atoms with Crippen LogP contribution in [0.1, 0.15) is 168 Å². The van der Waals surface area contributed by atoms with E-state index in [2.05, 4.69) is 20.8 Å². The lowest BCUT2D eigenvalue weighted by Crippen LogP contribution is -2.18. The number of esters is 1. The molecule has 0 aromatic rings. The maximum atomic E-state index is 12.5. The molecule has 0 amide bonds. The van der Waals surface area contributed by atoms with Crippen molar-refractivity contribution in [1.82, 2.24) is 0 Å². The van der Waals surface area contributed by atoms with Gasteiger partial charge in [-0.2, -0.15) is 0 Å². The van der Waals surface area contributed by atoms with Crippen molar-refractivity contribution in [1.29, 1.82) is 0 Å². The first-order valence-corrected chi connectivity index (χ1v) is 14.4. The zero-order valence-electron chi connectivity index (χ0n) is 21.9. The minimum Gasteiger partial charge on any atom is -0.465 e. The van der Waals surface area contributed by atoms with Crippen molar-refractivity contribution in [2.75, 3.05) is 6.61 Å². The zero-order chi connectivity index (χ0) is 22.8. The molecular formula is C29H58O2. The standard InChI is InChI=1S/C29H58O2/c1-4-7-10-12-13-14-15-16-17-18-19-20-21-23-26-28(25-22-11-8-5-2)29(30)31-27-24-9-6-3/h28H,4-27H2,1-3H3. The van der Waals surface area contributed by atoms with Crippen molar-refractivity contribution >= 4 is 5.97 Å². The quantitative estimate of drug-likeness (QED) is 0.105. The average Bonchev–Trinajstić information content (AvgIpc) is 2.78. The number of rotatable bonds is 25. The molecule has 0 heterocycles. The van der Waals surface area contributed by atoms with E-state index in [4.69, 9.17) is 4.74 Å². The van der Waals surface area contributed by atoms with Crippen LogP contribution in [0.4, 0.5) is 0 Å². The highest BCUT2D eigenvalue weighted by Gasteiger charge is 2.19. The lowest BCUT2D eigenvalue weighted by atomic mass is 9.94. The van der Waals surface area contributed by atoms with E-state index in [1.54, 1.807) is 0 Å². The van der Waals surface area contributed by atoms with Crippen LogP contribution in [-0.4, -0.2) is 12.6 Å². The van der Waals surface area contributed by atoms with Gasteiger partial charge in [0.1, 0.15) is 0 Å². The van der Waals surface area contributed by atoms with E-state index in [0.29, 0.717) is 6.61 Å². The van der Waals surface area contributed by atoms with Crippen LogP contribution in [0.15, 0.2) is 0 Å². The number of hydrogen-bond donors (Lipinski definition) is 0. The molecule has 186 valence electrons. The lowest BCUT2D eigenvalue weighted by molar-refractivity contribution is -0.149. The normalized spacial score (nSPS) is 12.2. The topological polar surface area (TPSA) is 26.3 Å². The molecule has 0 fully saturated rings. The SMILES string of the molecule is CCCCCCCCCCCCCCCCC(CCCCCC)C(=O)OCCCCC. The van der Waals surface area contributed by atoms with Gasteiger partial charge in [0.05, 0.1) is 12.5 Å². The van der Waals surface area contributed by atoms with Gasteiger partial charge < -0.3 is 4.74 Å². The Labute approximate surface area is 196 Å². The molecule has 0 rings (SSSR count). The van der Waals surface area contributed by atoms with Crippen LogP contribution >= 0.6 is 0 Å². The fourth-order valence-electron chi connectivity index (χ4n) is 4.43. The van der Waals surface area contributed by atoms with Gasteiger partial charge in [-0.15, -0.1) is 0 Å². The molecule has 31 heavy (non-hydrogen) atoms. The van der Waals surface area contributed by atoms with Crippen molar-refractivity contribution in [2.24, 2.45) is 5.92 Å². The van der Waals surface area contributed by atoms with E-state index in [-0.39, 0.29) is 11.9 Å². The minimum atomic E-state index is 0.0855. The summed E-state index contributed by atoms with van der Waals surface area (Å²) in [7, 11) is 0.